The van der Waals surface area contributed by atoms with Crippen molar-refractivity contribution >= 4 is 96.1 Å². The Bertz CT molecular complexity index is 3820. The molecule has 0 saturated heterocycles. The maximum Gasteiger partial charge on any atom is 0.160 e. The molecule has 0 atom stereocenters. The van der Waals surface area contributed by atoms with Crippen LogP contribution in [0.2, 0.25) is 0 Å². The molecule has 2 nitrogen and oxygen atoms in total. The van der Waals surface area contributed by atoms with Crippen molar-refractivity contribution in [2.75, 3.05) is 0 Å². The van der Waals surface area contributed by atoms with Crippen molar-refractivity contribution in [3.05, 3.63) is 194 Å². The fourth-order valence-electron chi connectivity index (χ4n) is 9.63. The zero-order valence-electron chi connectivity index (χ0n) is 31.8. The topological polar surface area (TPSA) is 25.8 Å². The second-order valence-corrected chi connectivity index (χ2v) is 16.8. The van der Waals surface area contributed by atoms with Gasteiger partial charge in [0.2, 0.25) is 0 Å². The van der Waals surface area contributed by atoms with Crippen LogP contribution < -0.4 is 0 Å². The molecule has 0 spiro atoms. The Morgan fingerprint density at radius 1 is 0.271 bits per heavy atom. The minimum absolute atomic E-state index is 0.706. The van der Waals surface area contributed by atoms with Crippen molar-refractivity contribution in [3.8, 4) is 45.0 Å². The van der Waals surface area contributed by atoms with Crippen LogP contribution in [0.15, 0.2) is 194 Å². The molecule has 11 aromatic carbocycles. The number of hydrogen-bond acceptors (Lipinski definition) is 3. The number of rotatable bonds is 4. The Morgan fingerprint density at radius 3 is 1.47 bits per heavy atom. The SMILES string of the molecule is c1ccc(-c2ccc(-c3nc(-c4ccc5c(c4)sc4ccccc45)cc(-c4cc5ccc6cccc7c8cccc9ccc%10cccc(c(c4)c5c67)c%10c98)n3)cc2)cc1. The Kier molecular flexibility index (Phi) is 6.92. The van der Waals surface area contributed by atoms with Crippen molar-refractivity contribution in [2.45, 2.75) is 0 Å². The molecule has 272 valence electrons. The highest BCUT2D eigenvalue weighted by molar-refractivity contribution is 7.25. The summed E-state index contributed by atoms with van der Waals surface area (Å²) in [4.78, 5) is 10.7. The molecule has 0 amide bonds. The number of benzene rings is 10. The van der Waals surface area contributed by atoms with Crippen LogP contribution >= 0.6 is 11.3 Å². The minimum atomic E-state index is 0.706. The lowest BCUT2D eigenvalue weighted by Crippen LogP contribution is -1.96. The molecule has 3 heteroatoms. The zero-order chi connectivity index (χ0) is 38.6. The third kappa shape index (κ3) is 4.99. The van der Waals surface area contributed by atoms with Crippen molar-refractivity contribution in [1.82, 2.24) is 9.97 Å². The number of aromatic nitrogens is 2. The van der Waals surface area contributed by atoms with E-state index in [0.717, 1.165) is 28.1 Å². The monoisotopic (exact) mass is 764 g/mol. The smallest absolute Gasteiger partial charge is 0.160 e. The van der Waals surface area contributed by atoms with Crippen LogP contribution in [0.5, 0.6) is 0 Å². The predicted molar refractivity (Wildman–Crippen MR) is 253 cm³/mol. The minimum Gasteiger partial charge on any atom is -0.228 e. The maximum absolute atomic E-state index is 5.42. The molecule has 0 radical (unpaired) electrons. The summed E-state index contributed by atoms with van der Waals surface area (Å²) in [6.45, 7) is 0. The summed E-state index contributed by atoms with van der Waals surface area (Å²) in [7, 11) is 0. The molecule has 0 unspecified atom stereocenters. The molecule has 0 bridgehead atoms. The summed E-state index contributed by atoms with van der Waals surface area (Å²) in [6.07, 6.45) is 0. The molecule has 0 aliphatic rings. The summed E-state index contributed by atoms with van der Waals surface area (Å²) in [5, 5.41) is 17.7. The molecule has 0 N–H and O–H groups in total. The molecule has 0 aliphatic carbocycles. The Labute approximate surface area is 343 Å². The van der Waals surface area contributed by atoms with E-state index in [4.69, 9.17) is 9.97 Å². The average Bonchev–Trinajstić information content (AvgIpc) is 3.68. The van der Waals surface area contributed by atoms with Gasteiger partial charge in [-0.25, -0.2) is 9.97 Å². The molecular formula is C56H32N2S. The zero-order valence-corrected chi connectivity index (χ0v) is 32.6. The van der Waals surface area contributed by atoms with E-state index in [0.29, 0.717) is 5.82 Å². The van der Waals surface area contributed by atoms with Crippen LogP contribution in [0.25, 0.3) is 130 Å². The first-order valence-electron chi connectivity index (χ1n) is 20.1. The predicted octanol–water partition coefficient (Wildman–Crippen LogP) is 15.9. The molecule has 13 aromatic rings. The summed E-state index contributed by atoms with van der Waals surface area (Å²) in [5.41, 5.74) is 7.28. The first kappa shape index (κ1) is 32.6. The third-order valence-electron chi connectivity index (χ3n) is 12.4. The van der Waals surface area contributed by atoms with Crippen LogP contribution in [0.4, 0.5) is 0 Å². The molecule has 0 saturated carbocycles. The summed E-state index contributed by atoms with van der Waals surface area (Å²) >= 11 is 1.83. The molecule has 0 fully saturated rings. The summed E-state index contributed by atoms with van der Waals surface area (Å²) < 4.78 is 2.55. The van der Waals surface area contributed by atoms with Gasteiger partial charge < -0.3 is 0 Å². The molecule has 2 aromatic heterocycles. The van der Waals surface area contributed by atoms with E-state index in [1.165, 1.54) is 95.9 Å². The van der Waals surface area contributed by atoms with Gasteiger partial charge in [0.05, 0.1) is 11.4 Å². The second kappa shape index (κ2) is 12.5. The van der Waals surface area contributed by atoms with Gasteiger partial charge in [0, 0.05) is 36.9 Å². The van der Waals surface area contributed by atoms with Gasteiger partial charge in [0.25, 0.3) is 0 Å². The van der Waals surface area contributed by atoms with Crippen molar-refractivity contribution < 1.29 is 0 Å². The highest BCUT2D eigenvalue weighted by atomic mass is 32.1. The molecule has 13 rings (SSSR count). The Balaban J connectivity index is 1.10. The van der Waals surface area contributed by atoms with Crippen LogP contribution in [-0.2, 0) is 0 Å². The van der Waals surface area contributed by atoms with E-state index >= 15 is 0 Å². The highest BCUT2D eigenvalue weighted by Crippen LogP contribution is 2.45. The lowest BCUT2D eigenvalue weighted by molar-refractivity contribution is 1.18. The standard InChI is InChI=1S/C56H32N2S/c1-2-9-33(10-3-1)34-19-24-38(25-20-34)56-57-48(39-27-28-43-42-14-4-5-18-50(42)59-51(43)31-39)32-49(58-56)41-29-40-26-23-37-12-7-16-45-44-15-6-11-35-21-22-36-13-8-17-46(54(36)52(35)44)47(30-41)55(40)53(37)45/h1-32H. The van der Waals surface area contributed by atoms with Gasteiger partial charge in [-0.3, -0.25) is 0 Å². The van der Waals surface area contributed by atoms with E-state index in [9.17, 15) is 0 Å². The quantitative estimate of drug-likeness (QED) is 0.167. The normalized spacial score (nSPS) is 12.1. The van der Waals surface area contributed by atoms with E-state index in [-0.39, 0.29) is 0 Å². The van der Waals surface area contributed by atoms with Crippen LogP contribution in [-0.4, -0.2) is 9.97 Å². The first-order chi connectivity index (χ1) is 29.2. The van der Waals surface area contributed by atoms with E-state index in [1.54, 1.807) is 0 Å². The van der Waals surface area contributed by atoms with Crippen LogP contribution in [0.3, 0.4) is 0 Å². The largest absolute Gasteiger partial charge is 0.228 e. The van der Waals surface area contributed by atoms with Crippen LogP contribution in [0.1, 0.15) is 0 Å². The highest BCUT2D eigenvalue weighted by Gasteiger charge is 2.18. The molecular weight excluding hydrogens is 733 g/mol. The van der Waals surface area contributed by atoms with E-state index < -0.39 is 0 Å². The maximum atomic E-state index is 5.42. The third-order valence-corrected chi connectivity index (χ3v) is 13.5. The van der Waals surface area contributed by atoms with Gasteiger partial charge in [-0.2, -0.15) is 0 Å². The van der Waals surface area contributed by atoms with E-state index in [1.807, 2.05) is 11.3 Å². The van der Waals surface area contributed by atoms with Crippen molar-refractivity contribution in [1.29, 1.82) is 0 Å². The van der Waals surface area contributed by atoms with Gasteiger partial charge in [-0.05, 0) is 106 Å². The van der Waals surface area contributed by atoms with Gasteiger partial charge in [-0.1, -0.05) is 164 Å². The van der Waals surface area contributed by atoms with Gasteiger partial charge >= 0.3 is 0 Å². The van der Waals surface area contributed by atoms with Crippen molar-refractivity contribution in [3.63, 3.8) is 0 Å². The average molecular weight is 765 g/mol. The first-order valence-corrected chi connectivity index (χ1v) is 21.0. The number of fused-ring (bicyclic) bond motifs is 5. The molecule has 0 aliphatic heterocycles. The molecule has 59 heavy (non-hydrogen) atoms. The van der Waals surface area contributed by atoms with E-state index in [2.05, 4.69) is 194 Å². The summed E-state index contributed by atoms with van der Waals surface area (Å²) in [6, 6.07) is 71.0. The second-order valence-electron chi connectivity index (χ2n) is 15.7. The Morgan fingerprint density at radius 2 is 0.780 bits per heavy atom. The van der Waals surface area contributed by atoms with Crippen molar-refractivity contribution in [2.24, 2.45) is 0 Å². The lowest BCUT2D eigenvalue weighted by Gasteiger charge is -2.17. The summed E-state index contributed by atoms with van der Waals surface area (Å²) in [5.74, 6) is 0.706. The van der Waals surface area contributed by atoms with Gasteiger partial charge in [0.15, 0.2) is 5.82 Å². The van der Waals surface area contributed by atoms with Gasteiger partial charge in [0.1, 0.15) is 0 Å². The van der Waals surface area contributed by atoms with Gasteiger partial charge in [-0.15, -0.1) is 11.3 Å². The fraction of sp³-hybridized carbons (Fsp3) is 0. The molecule has 2 heterocycles. The number of thiophene rings is 1. The number of hydrogen-bond donors (Lipinski definition) is 0. The Hall–Kier alpha value is -7.46. The fourth-order valence-corrected chi connectivity index (χ4v) is 10.8. The van der Waals surface area contributed by atoms with Crippen LogP contribution in [0, 0.1) is 0 Å². The number of nitrogens with zero attached hydrogens (tertiary/aromatic N) is 2. The lowest BCUT2D eigenvalue weighted by atomic mass is 9.87.